The van der Waals surface area contributed by atoms with Gasteiger partial charge in [0.2, 0.25) is 0 Å². The minimum Gasteiger partial charge on any atom is -0.366 e. The Morgan fingerprint density at radius 3 is 2.71 bits per heavy atom. The van der Waals surface area contributed by atoms with Crippen LogP contribution >= 0.6 is 22.9 Å². The predicted octanol–water partition coefficient (Wildman–Crippen LogP) is 5.80. The topological polar surface area (TPSA) is 72.9 Å². The van der Waals surface area contributed by atoms with E-state index >= 15 is 0 Å². The normalized spacial score (nSPS) is 10.9. The number of amides is 1. The van der Waals surface area contributed by atoms with Gasteiger partial charge in [0.15, 0.2) is 5.13 Å². The van der Waals surface area contributed by atoms with Gasteiger partial charge < -0.3 is 15.6 Å². The number of nitrogens with two attached hydrogens (primary N) is 1. The zero-order chi connectivity index (χ0) is 22.0. The number of primary amides is 1. The molecule has 31 heavy (non-hydrogen) atoms. The first-order chi connectivity index (χ1) is 14.9. The molecule has 4 aromatic rings. The molecule has 5 nitrogen and oxygen atoms in total. The average Bonchev–Trinajstić information content (AvgIpc) is 3.32. The van der Waals surface area contributed by atoms with Crippen LogP contribution in [-0.4, -0.2) is 15.5 Å². The van der Waals surface area contributed by atoms with E-state index in [0.717, 1.165) is 34.8 Å². The number of hydrogen-bond acceptors (Lipinski definition) is 4. The van der Waals surface area contributed by atoms with Crippen molar-refractivity contribution < 1.29 is 9.18 Å². The molecule has 0 aliphatic heterocycles. The predicted molar refractivity (Wildman–Crippen MR) is 124 cm³/mol. The highest BCUT2D eigenvalue weighted by molar-refractivity contribution is 7.14. The van der Waals surface area contributed by atoms with Crippen LogP contribution in [0.2, 0.25) is 5.02 Å². The van der Waals surface area contributed by atoms with Gasteiger partial charge in [0.05, 0.1) is 17.0 Å². The minimum absolute atomic E-state index is 0.294. The van der Waals surface area contributed by atoms with Crippen molar-refractivity contribution in [2.75, 3.05) is 5.32 Å². The van der Waals surface area contributed by atoms with Crippen molar-refractivity contribution in [2.45, 2.75) is 19.9 Å². The lowest BCUT2D eigenvalue weighted by Gasteiger charge is -2.11. The Balaban J connectivity index is 1.62. The summed E-state index contributed by atoms with van der Waals surface area (Å²) < 4.78 is 15.2. The van der Waals surface area contributed by atoms with E-state index in [0.29, 0.717) is 22.3 Å². The van der Waals surface area contributed by atoms with Gasteiger partial charge in [0.25, 0.3) is 5.91 Å². The zero-order valence-electron chi connectivity index (χ0n) is 16.7. The number of aromatic nitrogens is 2. The van der Waals surface area contributed by atoms with E-state index in [1.807, 2.05) is 36.6 Å². The van der Waals surface area contributed by atoms with Crippen LogP contribution in [0.1, 0.15) is 21.6 Å². The Bertz CT molecular complexity index is 1230. The van der Waals surface area contributed by atoms with Crippen molar-refractivity contribution in [3.05, 3.63) is 87.6 Å². The van der Waals surface area contributed by atoms with Gasteiger partial charge in [-0.3, -0.25) is 4.79 Å². The van der Waals surface area contributed by atoms with Crippen LogP contribution < -0.4 is 11.1 Å². The van der Waals surface area contributed by atoms with Gasteiger partial charge in [0, 0.05) is 28.3 Å². The van der Waals surface area contributed by atoms with Crippen LogP contribution in [0, 0.1) is 12.7 Å². The fraction of sp³-hybridized carbons (Fsp3) is 0.130. The third-order valence-corrected chi connectivity index (χ3v) is 6.00. The van der Waals surface area contributed by atoms with Crippen LogP contribution in [-0.2, 0) is 13.0 Å². The van der Waals surface area contributed by atoms with Gasteiger partial charge in [0.1, 0.15) is 5.82 Å². The molecule has 2 heterocycles. The van der Waals surface area contributed by atoms with Gasteiger partial charge >= 0.3 is 0 Å². The van der Waals surface area contributed by atoms with E-state index in [4.69, 9.17) is 17.3 Å². The molecule has 0 bridgehead atoms. The Morgan fingerprint density at radius 2 is 2.00 bits per heavy atom. The molecule has 8 heteroatoms. The number of thiazole rings is 1. The van der Waals surface area contributed by atoms with Gasteiger partial charge in [-0.2, -0.15) is 0 Å². The molecule has 158 valence electrons. The maximum atomic E-state index is 13.1. The molecule has 0 atom stereocenters. The second-order valence-electron chi connectivity index (χ2n) is 7.09. The molecule has 0 aliphatic rings. The SMILES string of the molecule is Cc1c(C(N)=O)cc(-c2csc(Nc3ccc(F)cc3)n2)n1CCc1cccc(Cl)c1. The average molecular weight is 455 g/mol. The van der Waals surface area contributed by atoms with Crippen LogP contribution in [0.5, 0.6) is 0 Å². The molecule has 1 amide bonds. The van der Waals surface area contributed by atoms with Crippen LogP contribution in [0.3, 0.4) is 0 Å². The summed E-state index contributed by atoms with van der Waals surface area (Å²) in [6, 6.07) is 15.6. The molecule has 0 saturated heterocycles. The largest absolute Gasteiger partial charge is 0.366 e. The number of carbonyl (C=O) groups is 1. The molecule has 3 N–H and O–H groups in total. The molecular formula is C23H20ClFN4OS. The fourth-order valence-corrected chi connectivity index (χ4v) is 4.37. The fourth-order valence-electron chi connectivity index (χ4n) is 3.43. The van der Waals surface area contributed by atoms with E-state index in [2.05, 4.69) is 14.9 Å². The lowest BCUT2D eigenvalue weighted by Crippen LogP contribution is -2.13. The maximum absolute atomic E-state index is 13.1. The molecule has 0 aliphatic carbocycles. The summed E-state index contributed by atoms with van der Waals surface area (Å²) in [4.78, 5) is 16.6. The molecular weight excluding hydrogens is 435 g/mol. The molecule has 0 fully saturated rings. The first-order valence-corrected chi connectivity index (χ1v) is 10.9. The highest BCUT2D eigenvalue weighted by Gasteiger charge is 2.18. The molecule has 2 aromatic heterocycles. The molecule has 0 spiro atoms. The highest BCUT2D eigenvalue weighted by Crippen LogP contribution is 2.31. The number of rotatable bonds is 7. The Kier molecular flexibility index (Phi) is 6.06. The quantitative estimate of drug-likeness (QED) is 0.370. The number of carbonyl (C=O) groups excluding carboxylic acids is 1. The summed E-state index contributed by atoms with van der Waals surface area (Å²) in [6.45, 7) is 2.53. The Labute approximate surface area is 188 Å². The van der Waals surface area contributed by atoms with Gasteiger partial charge in [-0.05, 0) is 61.4 Å². The second-order valence-corrected chi connectivity index (χ2v) is 8.39. The minimum atomic E-state index is -0.472. The first-order valence-electron chi connectivity index (χ1n) is 9.63. The number of nitrogens with one attached hydrogen (secondary N) is 1. The molecule has 0 radical (unpaired) electrons. The lowest BCUT2D eigenvalue weighted by atomic mass is 10.1. The van der Waals surface area contributed by atoms with Crippen molar-refractivity contribution in [3.63, 3.8) is 0 Å². The monoisotopic (exact) mass is 454 g/mol. The molecule has 4 rings (SSSR count). The molecule has 0 saturated carbocycles. The standard InChI is InChI=1S/C23H20ClFN4OS/c1-14-19(22(26)30)12-21(29(14)10-9-15-3-2-4-16(24)11-15)20-13-31-23(28-20)27-18-7-5-17(25)6-8-18/h2-8,11-13H,9-10H2,1H3,(H2,26,30)(H,27,28). The van der Waals surface area contributed by atoms with Crippen molar-refractivity contribution in [1.29, 1.82) is 0 Å². The number of aryl methyl sites for hydroxylation is 1. The zero-order valence-corrected chi connectivity index (χ0v) is 18.3. The van der Waals surface area contributed by atoms with Crippen LogP contribution in [0.25, 0.3) is 11.4 Å². The summed E-state index contributed by atoms with van der Waals surface area (Å²) in [5.41, 5.74) is 10.3. The van der Waals surface area contributed by atoms with E-state index < -0.39 is 5.91 Å². The number of halogens is 2. The summed E-state index contributed by atoms with van der Waals surface area (Å²) >= 11 is 7.53. The summed E-state index contributed by atoms with van der Waals surface area (Å²) in [7, 11) is 0. The van der Waals surface area contributed by atoms with Gasteiger partial charge in [-0.25, -0.2) is 9.37 Å². The van der Waals surface area contributed by atoms with E-state index in [1.54, 1.807) is 18.2 Å². The first kappa shape index (κ1) is 21.1. The second kappa shape index (κ2) is 8.91. The van der Waals surface area contributed by atoms with Crippen molar-refractivity contribution in [1.82, 2.24) is 9.55 Å². The molecule has 2 aromatic carbocycles. The number of hydrogen-bond donors (Lipinski definition) is 2. The smallest absolute Gasteiger partial charge is 0.250 e. The Hall–Kier alpha value is -3.16. The highest BCUT2D eigenvalue weighted by atomic mass is 35.5. The number of benzene rings is 2. The Morgan fingerprint density at radius 1 is 1.23 bits per heavy atom. The summed E-state index contributed by atoms with van der Waals surface area (Å²) in [5.74, 6) is -0.766. The lowest BCUT2D eigenvalue weighted by molar-refractivity contribution is 0.0999. The summed E-state index contributed by atoms with van der Waals surface area (Å²) in [5, 5.41) is 6.45. The third kappa shape index (κ3) is 4.78. The third-order valence-electron chi connectivity index (χ3n) is 5.01. The number of anilines is 2. The van der Waals surface area contributed by atoms with Crippen LogP contribution in [0.4, 0.5) is 15.2 Å². The van der Waals surface area contributed by atoms with Crippen molar-refractivity contribution >= 4 is 39.7 Å². The maximum Gasteiger partial charge on any atom is 0.250 e. The van der Waals surface area contributed by atoms with E-state index in [1.165, 1.54) is 23.5 Å². The summed E-state index contributed by atoms with van der Waals surface area (Å²) in [6.07, 6.45) is 0.742. The van der Waals surface area contributed by atoms with Crippen LogP contribution in [0.15, 0.2) is 60.0 Å². The van der Waals surface area contributed by atoms with E-state index in [-0.39, 0.29) is 5.82 Å². The van der Waals surface area contributed by atoms with Gasteiger partial charge in [-0.1, -0.05) is 23.7 Å². The number of nitrogens with zero attached hydrogens (tertiary/aromatic N) is 2. The van der Waals surface area contributed by atoms with E-state index in [9.17, 15) is 9.18 Å². The van der Waals surface area contributed by atoms with Crippen molar-refractivity contribution in [3.8, 4) is 11.4 Å². The molecule has 0 unspecified atom stereocenters. The van der Waals surface area contributed by atoms with Gasteiger partial charge in [-0.15, -0.1) is 11.3 Å². The van der Waals surface area contributed by atoms with Crippen molar-refractivity contribution in [2.24, 2.45) is 5.73 Å².